The van der Waals surface area contributed by atoms with Crippen LogP contribution in [0.1, 0.15) is 52.9 Å². The molecule has 1 aliphatic heterocycles. The Morgan fingerprint density at radius 2 is 1.74 bits per heavy atom. The molecule has 1 fully saturated rings. The largest absolute Gasteiger partial charge is 0.340 e. The molecule has 0 radical (unpaired) electrons. The van der Waals surface area contributed by atoms with Crippen molar-refractivity contribution >= 4 is 5.91 Å². The van der Waals surface area contributed by atoms with Crippen molar-refractivity contribution in [2.75, 3.05) is 32.7 Å². The number of amides is 1. The van der Waals surface area contributed by atoms with E-state index >= 15 is 0 Å². The molecule has 4 heteroatoms. The summed E-state index contributed by atoms with van der Waals surface area (Å²) in [6, 6.07) is 0. The zero-order chi connectivity index (χ0) is 14.3. The first-order valence-corrected chi connectivity index (χ1v) is 7.74. The minimum absolute atomic E-state index is 0.260. The predicted octanol–water partition coefficient (Wildman–Crippen LogP) is 1.84. The van der Waals surface area contributed by atoms with Crippen LogP contribution in [0.25, 0.3) is 0 Å². The van der Waals surface area contributed by atoms with Gasteiger partial charge in [-0.25, -0.2) is 0 Å². The molecule has 4 nitrogen and oxygen atoms in total. The third-order valence-corrected chi connectivity index (χ3v) is 4.45. The van der Waals surface area contributed by atoms with E-state index in [1.54, 1.807) is 0 Å². The van der Waals surface area contributed by atoms with E-state index in [4.69, 9.17) is 5.73 Å². The van der Waals surface area contributed by atoms with Crippen molar-refractivity contribution in [1.29, 1.82) is 0 Å². The molecule has 0 aliphatic carbocycles. The number of carbonyl (C=O) groups excluding carboxylic acids is 1. The van der Waals surface area contributed by atoms with Gasteiger partial charge in [-0.3, -0.25) is 9.69 Å². The second-order valence-corrected chi connectivity index (χ2v) is 6.13. The maximum Gasteiger partial charge on any atom is 0.222 e. The summed E-state index contributed by atoms with van der Waals surface area (Å²) in [5.74, 6) is 0.325. The lowest BCUT2D eigenvalue weighted by atomic mass is 9.98. The van der Waals surface area contributed by atoms with Crippen molar-refractivity contribution < 1.29 is 4.79 Å². The molecule has 1 saturated heterocycles. The van der Waals surface area contributed by atoms with Crippen LogP contribution in [0.2, 0.25) is 0 Å². The highest BCUT2D eigenvalue weighted by Crippen LogP contribution is 2.20. The van der Waals surface area contributed by atoms with Crippen LogP contribution in [0, 0.1) is 0 Å². The fraction of sp³-hybridized carbons (Fsp3) is 0.933. The summed E-state index contributed by atoms with van der Waals surface area (Å²) in [6.45, 7) is 11.3. The van der Waals surface area contributed by atoms with Crippen LogP contribution in [-0.2, 0) is 4.79 Å². The summed E-state index contributed by atoms with van der Waals surface area (Å²) >= 11 is 0. The summed E-state index contributed by atoms with van der Waals surface area (Å²) in [5, 5.41) is 0. The van der Waals surface area contributed by atoms with Crippen LogP contribution in [-0.4, -0.2) is 54.0 Å². The smallest absolute Gasteiger partial charge is 0.222 e. The van der Waals surface area contributed by atoms with Crippen molar-refractivity contribution in [2.24, 2.45) is 5.73 Å². The van der Waals surface area contributed by atoms with Gasteiger partial charge in [-0.1, -0.05) is 13.3 Å². The van der Waals surface area contributed by atoms with Gasteiger partial charge in [0.25, 0.3) is 0 Å². The van der Waals surface area contributed by atoms with Crippen LogP contribution < -0.4 is 5.73 Å². The lowest BCUT2D eigenvalue weighted by Gasteiger charge is -2.43. The number of nitrogens with two attached hydrogens (primary N) is 1. The van der Waals surface area contributed by atoms with Gasteiger partial charge in [0.1, 0.15) is 0 Å². The van der Waals surface area contributed by atoms with Crippen molar-refractivity contribution in [3.05, 3.63) is 0 Å². The third-order valence-electron chi connectivity index (χ3n) is 4.45. The molecule has 0 aromatic heterocycles. The van der Waals surface area contributed by atoms with E-state index in [1.807, 2.05) is 4.90 Å². The fourth-order valence-corrected chi connectivity index (χ4v) is 2.54. The summed E-state index contributed by atoms with van der Waals surface area (Å²) in [7, 11) is 0. The molecular formula is C15H31N3O. The monoisotopic (exact) mass is 269 g/mol. The van der Waals surface area contributed by atoms with Gasteiger partial charge in [0.2, 0.25) is 5.91 Å². The van der Waals surface area contributed by atoms with Crippen LogP contribution >= 0.6 is 0 Å². The molecule has 1 amide bonds. The van der Waals surface area contributed by atoms with Gasteiger partial charge in [-0.05, 0) is 39.7 Å². The first-order valence-electron chi connectivity index (χ1n) is 7.74. The van der Waals surface area contributed by atoms with E-state index in [0.717, 1.165) is 58.4 Å². The molecule has 1 aliphatic rings. The van der Waals surface area contributed by atoms with Crippen molar-refractivity contribution in [3.8, 4) is 0 Å². The maximum atomic E-state index is 12.1. The summed E-state index contributed by atoms with van der Waals surface area (Å²) in [5.41, 5.74) is 5.72. The van der Waals surface area contributed by atoms with Gasteiger partial charge in [0.15, 0.2) is 0 Å². The lowest BCUT2D eigenvalue weighted by Crippen LogP contribution is -2.55. The summed E-state index contributed by atoms with van der Waals surface area (Å²) < 4.78 is 0. The Kier molecular flexibility index (Phi) is 6.80. The minimum Gasteiger partial charge on any atom is -0.340 e. The normalized spacial score (nSPS) is 17.8. The highest BCUT2D eigenvalue weighted by atomic mass is 16.2. The summed E-state index contributed by atoms with van der Waals surface area (Å²) in [6.07, 6.45) is 4.94. The molecule has 19 heavy (non-hydrogen) atoms. The number of carbonyl (C=O) groups is 1. The molecule has 1 heterocycles. The van der Waals surface area contributed by atoms with Crippen molar-refractivity contribution in [3.63, 3.8) is 0 Å². The first-order chi connectivity index (χ1) is 9.01. The molecule has 2 N–H and O–H groups in total. The quantitative estimate of drug-likeness (QED) is 0.718. The fourth-order valence-electron chi connectivity index (χ4n) is 2.54. The highest BCUT2D eigenvalue weighted by Gasteiger charge is 2.29. The van der Waals surface area contributed by atoms with Crippen LogP contribution in [0.3, 0.4) is 0 Å². The molecule has 0 saturated carbocycles. The number of hydrogen-bond donors (Lipinski definition) is 1. The molecule has 0 unspecified atom stereocenters. The van der Waals surface area contributed by atoms with Crippen LogP contribution in [0.5, 0.6) is 0 Å². The topological polar surface area (TPSA) is 49.6 Å². The third kappa shape index (κ3) is 5.11. The van der Waals surface area contributed by atoms with E-state index in [9.17, 15) is 4.79 Å². The Bertz CT molecular complexity index is 271. The van der Waals surface area contributed by atoms with Gasteiger partial charge in [0.05, 0.1) is 0 Å². The highest BCUT2D eigenvalue weighted by molar-refractivity contribution is 5.76. The van der Waals surface area contributed by atoms with Crippen molar-refractivity contribution in [1.82, 2.24) is 9.80 Å². The average Bonchev–Trinajstić information content (AvgIpc) is 2.43. The zero-order valence-electron chi connectivity index (χ0n) is 13.0. The van der Waals surface area contributed by atoms with Crippen LogP contribution in [0.4, 0.5) is 0 Å². The zero-order valence-corrected chi connectivity index (χ0v) is 13.0. The molecule has 0 aromatic rings. The Morgan fingerprint density at radius 3 is 2.26 bits per heavy atom. The number of hydrogen-bond acceptors (Lipinski definition) is 3. The average molecular weight is 269 g/mol. The van der Waals surface area contributed by atoms with Gasteiger partial charge in [-0.2, -0.15) is 0 Å². The molecule has 0 aromatic carbocycles. The van der Waals surface area contributed by atoms with E-state index < -0.39 is 0 Å². The maximum absolute atomic E-state index is 12.1. The van der Waals surface area contributed by atoms with Crippen LogP contribution in [0.15, 0.2) is 0 Å². The SMILES string of the molecule is CCC(C)(C)N1CCN(C(=O)CCCCCN)CC1. The number of nitrogens with zero attached hydrogens (tertiary/aromatic N) is 2. The van der Waals surface area contributed by atoms with Gasteiger partial charge in [-0.15, -0.1) is 0 Å². The number of unbranched alkanes of at least 4 members (excludes halogenated alkanes) is 2. The molecule has 0 bridgehead atoms. The Morgan fingerprint density at radius 1 is 1.11 bits per heavy atom. The first kappa shape index (κ1) is 16.4. The second-order valence-electron chi connectivity index (χ2n) is 6.13. The lowest BCUT2D eigenvalue weighted by molar-refractivity contribution is -0.134. The van der Waals surface area contributed by atoms with E-state index in [-0.39, 0.29) is 5.54 Å². The molecule has 1 rings (SSSR count). The molecule has 0 spiro atoms. The van der Waals surface area contributed by atoms with Crippen molar-refractivity contribution in [2.45, 2.75) is 58.4 Å². The Labute approximate surface area is 118 Å². The standard InChI is InChI=1S/C15H31N3O/c1-4-15(2,3)18-12-10-17(11-13-18)14(19)8-6-5-7-9-16/h4-13,16H2,1-3H3. The van der Waals surface area contributed by atoms with E-state index in [0.29, 0.717) is 12.3 Å². The summed E-state index contributed by atoms with van der Waals surface area (Å²) in [4.78, 5) is 16.6. The number of piperazine rings is 1. The Hall–Kier alpha value is -0.610. The Balaban J connectivity index is 2.27. The number of rotatable bonds is 7. The van der Waals surface area contributed by atoms with E-state index in [2.05, 4.69) is 25.7 Å². The molecule has 0 atom stereocenters. The van der Waals surface area contributed by atoms with E-state index in [1.165, 1.54) is 0 Å². The minimum atomic E-state index is 0.260. The van der Waals surface area contributed by atoms with Gasteiger partial charge in [0, 0.05) is 38.1 Å². The van der Waals surface area contributed by atoms with Gasteiger partial charge < -0.3 is 10.6 Å². The predicted molar refractivity (Wildman–Crippen MR) is 80.0 cm³/mol. The van der Waals surface area contributed by atoms with Gasteiger partial charge >= 0.3 is 0 Å². The molecule has 112 valence electrons. The second kappa shape index (κ2) is 7.85. The molecular weight excluding hydrogens is 238 g/mol.